The molecule has 0 aliphatic heterocycles. The first kappa shape index (κ1) is 15.7. The normalized spacial score (nSPS) is 11.0. The maximum atomic E-state index is 5.50. The number of hydrogen-bond donors (Lipinski definition) is 0. The Labute approximate surface area is 150 Å². The molecule has 25 heavy (non-hydrogen) atoms. The monoisotopic (exact) mass is 350 g/mol. The highest BCUT2D eigenvalue weighted by Gasteiger charge is 2.16. The van der Waals surface area contributed by atoms with Crippen LogP contribution in [0.4, 0.5) is 0 Å². The van der Waals surface area contributed by atoms with Gasteiger partial charge >= 0.3 is 0 Å². The molecule has 0 saturated heterocycles. The van der Waals surface area contributed by atoms with Crippen LogP contribution in [-0.2, 0) is 7.05 Å². The van der Waals surface area contributed by atoms with Crippen molar-refractivity contribution in [1.29, 1.82) is 0 Å². The smallest absolute Gasteiger partial charge is 0.120 e. The maximum Gasteiger partial charge on any atom is 0.120 e. The molecule has 0 saturated carbocycles. The van der Waals surface area contributed by atoms with Crippen molar-refractivity contribution in [2.75, 3.05) is 14.2 Å². The lowest BCUT2D eigenvalue weighted by Crippen LogP contribution is -1.91. The van der Waals surface area contributed by atoms with Crippen molar-refractivity contribution in [1.82, 2.24) is 8.94 Å². The van der Waals surface area contributed by atoms with Crippen LogP contribution in [0, 0.1) is 0 Å². The Morgan fingerprint density at radius 3 is 2.40 bits per heavy atom. The average molecular weight is 350 g/mol. The number of ether oxygens (including phenoxy) is 2. The van der Waals surface area contributed by atoms with Gasteiger partial charge in [-0.1, -0.05) is 12.1 Å². The number of rotatable bonds is 4. The van der Waals surface area contributed by atoms with E-state index >= 15 is 0 Å². The van der Waals surface area contributed by atoms with Crippen molar-refractivity contribution in [2.24, 2.45) is 7.05 Å². The van der Waals surface area contributed by atoms with Crippen LogP contribution < -0.4 is 9.47 Å². The summed E-state index contributed by atoms with van der Waals surface area (Å²) in [5.41, 5.74) is 4.55. The molecule has 0 bridgehead atoms. The van der Waals surface area contributed by atoms with Gasteiger partial charge in [-0.15, -0.1) is 0 Å². The van der Waals surface area contributed by atoms with Crippen LogP contribution in [0.5, 0.6) is 11.5 Å². The molecule has 2 heterocycles. The topological polar surface area (TPSA) is 36.3 Å². The van der Waals surface area contributed by atoms with E-state index in [-0.39, 0.29) is 0 Å². The lowest BCUT2D eigenvalue weighted by atomic mass is 10.0. The summed E-state index contributed by atoms with van der Waals surface area (Å²) >= 11 is 1.50. The van der Waals surface area contributed by atoms with Crippen LogP contribution in [0.1, 0.15) is 0 Å². The Bertz CT molecular complexity index is 1030. The first-order chi connectivity index (χ1) is 12.2. The van der Waals surface area contributed by atoms with Crippen LogP contribution in [0.25, 0.3) is 32.5 Å². The first-order valence-corrected chi connectivity index (χ1v) is 8.71. The zero-order valence-electron chi connectivity index (χ0n) is 14.3. The van der Waals surface area contributed by atoms with Crippen molar-refractivity contribution in [3.63, 3.8) is 0 Å². The zero-order valence-corrected chi connectivity index (χ0v) is 15.1. The van der Waals surface area contributed by atoms with Gasteiger partial charge in [-0.2, -0.15) is 4.37 Å². The molecule has 0 aliphatic rings. The third kappa shape index (κ3) is 2.66. The molecule has 0 amide bonds. The molecule has 126 valence electrons. The number of fused-ring (bicyclic) bond motifs is 1. The van der Waals surface area contributed by atoms with E-state index in [0.717, 1.165) is 38.5 Å². The van der Waals surface area contributed by atoms with Crippen LogP contribution in [0.2, 0.25) is 0 Å². The Hall–Kier alpha value is -2.79. The number of nitrogens with zero attached hydrogens (tertiary/aromatic N) is 2. The lowest BCUT2D eigenvalue weighted by Gasteiger charge is -2.10. The summed E-state index contributed by atoms with van der Waals surface area (Å²) in [5.74, 6) is 1.70. The number of aryl methyl sites for hydroxylation is 1. The molecule has 2 aromatic heterocycles. The molecule has 2 aromatic carbocycles. The third-order valence-corrected chi connectivity index (χ3v) is 5.23. The van der Waals surface area contributed by atoms with Crippen molar-refractivity contribution < 1.29 is 9.47 Å². The van der Waals surface area contributed by atoms with Crippen LogP contribution in [0.3, 0.4) is 0 Å². The van der Waals surface area contributed by atoms with E-state index in [1.165, 1.54) is 17.0 Å². The number of benzene rings is 2. The zero-order chi connectivity index (χ0) is 17.4. The maximum absolute atomic E-state index is 5.50. The summed E-state index contributed by atoms with van der Waals surface area (Å²) in [5, 5.41) is 1.16. The van der Waals surface area contributed by atoms with Gasteiger partial charge in [-0.05, 0) is 47.4 Å². The van der Waals surface area contributed by atoms with E-state index in [4.69, 9.17) is 9.47 Å². The van der Waals surface area contributed by atoms with Gasteiger partial charge in [0.15, 0.2) is 0 Å². The van der Waals surface area contributed by atoms with E-state index in [9.17, 15) is 0 Å². The summed E-state index contributed by atoms with van der Waals surface area (Å²) in [7, 11) is 5.44. The average Bonchev–Trinajstić information content (AvgIpc) is 3.28. The third-order valence-electron chi connectivity index (χ3n) is 4.40. The first-order valence-electron chi connectivity index (χ1n) is 7.94. The van der Waals surface area contributed by atoms with E-state index in [2.05, 4.69) is 52.5 Å². The van der Waals surface area contributed by atoms with Gasteiger partial charge in [-0.3, -0.25) is 0 Å². The molecule has 4 aromatic rings. The SMILES string of the molecule is COc1ccc(-c2cnsc2-c2cc(OC)cc3ccn(C)c23)cc1. The minimum atomic E-state index is 0.847. The Balaban J connectivity index is 1.93. The summed E-state index contributed by atoms with van der Waals surface area (Å²) in [6.07, 6.45) is 4.00. The molecule has 0 atom stereocenters. The van der Waals surface area contributed by atoms with Crippen molar-refractivity contribution in [3.05, 3.63) is 54.9 Å². The molecule has 0 spiro atoms. The van der Waals surface area contributed by atoms with E-state index in [0.29, 0.717) is 0 Å². The minimum absolute atomic E-state index is 0.847. The molecule has 0 aliphatic carbocycles. The van der Waals surface area contributed by atoms with Crippen LogP contribution in [-0.4, -0.2) is 23.2 Å². The molecule has 4 rings (SSSR count). The molecule has 0 unspecified atom stereocenters. The highest BCUT2D eigenvalue weighted by atomic mass is 32.1. The van der Waals surface area contributed by atoms with Gasteiger partial charge in [0.2, 0.25) is 0 Å². The summed E-state index contributed by atoms with van der Waals surface area (Å²) in [6.45, 7) is 0. The van der Waals surface area contributed by atoms with Gasteiger partial charge in [0.1, 0.15) is 11.5 Å². The second-order valence-corrected chi connectivity index (χ2v) is 6.64. The van der Waals surface area contributed by atoms with Crippen LogP contribution >= 0.6 is 11.5 Å². The largest absolute Gasteiger partial charge is 0.497 e. The molecule has 0 fully saturated rings. The predicted octanol–water partition coefficient (Wildman–Crippen LogP) is 4.99. The molecule has 0 radical (unpaired) electrons. The van der Waals surface area contributed by atoms with Crippen LogP contribution in [0.15, 0.2) is 54.9 Å². The quantitative estimate of drug-likeness (QED) is 0.520. The van der Waals surface area contributed by atoms with E-state index in [1.807, 2.05) is 18.3 Å². The van der Waals surface area contributed by atoms with Gasteiger partial charge in [0, 0.05) is 36.0 Å². The second kappa shape index (κ2) is 6.26. The lowest BCUT2D eigenvalue weighted by molar-refractivity contribution is 0.415. The molecular weight excluding hydrogens is 332 g/mol. The predicted molar refractivity (Wildman–Crippen MR) is 103 cm³/mol. The summed E-state index contributed by atoms with van der Waals surface area (Å²) < 4.78 is 17.4. The second-order valence-electron chi connectivity index (χ2n) is 5.84. The summed E-state index contributed by atoms with van der Waals surface area (Å²) in [6, 6.07) is 14.3. The van der Waals surface area contributed by atoms with E-state index in [1.54, 1.807) is 14.2 Å². The molecule has 0 N–H and O–H groups in total. The fourth-order valence-electron chi connectivity index (χ4n) is 3.12. The summed E-state index contributed by atoms with van der Waals surface area (Å²) in [4.78, 5) is 1.14. The van der Waals surface area contributed by atoms with E-state index < -0.39 is 0 Å². The molecular formula is C20H18N2O2S. The number of aromatic nitrogens is 2. The standard InChI is InChI=1S/C20H18N2O2S/c1-22-9-8-14-10-16(24-3)11-17(19(14)22)20-18(12-21-25-20)13-4-6-15(23-2)7-5-13/h4-12H,1-3H3. The minimum Gasteiger partial charge on any atom is -0.497 e. The fourth-order valence-corrected chi connectivity index (χ4v) is 3.90. The highest BCUT2D eigenvalue weighted by molar-refractivity contribution is 7.10. The molecule has 4 nitrogen and oxygen atoms in total. The Morgan fingerprint density at radius 1 is 0.920 bits per heavy atom. The van der Waals surface area contributed by atoms with Gasteiger partial charge in [0.05, 0.1) is 24.6 Å². The van der Waals surface area contributed by atoms with Crippen molar-refractivity contribution in [3.8, 4) is 33.1 Å². The fraction of sp³-hybridized carbons (Fsp3) is 0.150. The van der Waals surface area contributed by atoms with Crippen molar-refractivity contribution in [2.45, 2.75) is 0 Å². The van der Waals surface area contributed by atoms with Gasteiger partial charge < -0.3 is 14.0 Å². The molecule has 5 heteroatoms. The number of methoxy groups -OCH3 is 2. The van der Waals surface area contributed by atoms with Gasteiger partial charge in [0.25, 0.3) is 0 Å². The van der Waals surface area contributed by atoms with Gasteiger partial charge in [-0.25, -0.2) is 0 Å². The van der Waals surface area contributed by atoms with Crippen molar-refractivity contribution >= 4 is 22.4 Å². The number of hydrogen-bond acceptors (Lipinski definition) is 4. The Morgan fingerprint density at radius 2 is 1.68 bits per heavy atom. The highest BCUT2D eigenvalue weighted by Crippen LogP contribution is 2.41. The Kier molecular flexibility index (Phi) is 3.93.